The summed E-state index contributed by atoms with van der Waals surface area (Å²) in [4.78, 5) is 12.1. The van der Waals surface area contributed by atoms with Crippen LogP contribution in [0.1, 0.15) is 13.3 Å². The summed E-state index contributed by atoms with van der Waals surface area (Å²) in [5.41, 5.74) is 0.281. The topological polar surface area (TPSA) is 66.5 Å². The molecule has 0 fully saturated rings. The van der Waals surface area contributed by atoms with Gasteiger partial charge in [0.2, 0.25) is 15.9 Å². The number of nitrogens with zero attached hydrogens (tertiary/aromatic N) is 1. The lowest BCUT2D eigenvalue weighted by molar-refractivity contribution is -0.116. The van der Waals surface area contributed by atoms with Crippen molar-refractivity contribution in [2.75, 3.05) is 18.4 Å². The number of benzene rings is 2. The van der Waals surface area contributed by atoms with Gasteiger partial charge < -0.3 is 5.32 Å². The first-order valence-electron chi connectivity index (χ1n) is 7.74. The van der Waals surface area contributed by atoms with Crippen LogP contribution in [0, 0.1) is 5.82 Å². The normalized spacial score (nSPS) is 11.6. The molecule has 0 spiro atoms. The Hall–Kier alpha value is -1.67. The minimum Gasteiger partial charge on any atom is -0.324 e. The van der Waals surface area contributed by atoms with Crippen LogP contribution >= 0.6 is 23.2 Å². The van der Waals surface area contributed by atoms with Crippen molar-refractivity contribution in [3.05, 3.63) is 58.3 Å². The molecule has 0 unspecified atom stereocenters. The summed E-state index contributed by atoms with van der Waals surface area (Å²) in [5.74, 6) is -1.25. The Bertz CT molecular complexity index is 907. The molecular weight excluding hydrogens is 402 g/mol. The Labute approximate surface area is 161 Å². The van der Waals surface area contributed by atoms with Crippen molar-refractivity contribution in [3.8, 4) is 0 Å². The highest BCUT2D eigenvalue weighted by molar-refractivity contribution is 7.89. The summed E-state index contributed by atoms with van der Waals surface area (Å²) in [6.07, 6.45) is 0.486. The van der Waals surface area contributed by atoms with E-state index >= 15 is 0 Å². The van der Waals surface area contributed by atoms with Gasteiger partial charge in [-0.05, 0) is 42.8 Å². The van der Waals surface area contributed by atoms with Crippen molar-refractivity contribution < 1.29 is 17.6 Å². The highest BCUT2D eigenvalue weighted by Crippen LogP contribution is 2.25. The van der Waals surface area contributed by atoms with Crippen LogP contribution in [0.15, 0.2) is 47.4 Å². The Morgan fingerprint density at radius 3 is 2.58 bits per heavy atom. The van der Waals surface area contributed by atoms with Gasteiger partial charge in [0.25, 0.3) is 0 Å². The van der Waals surface area contributed by atoms with Crippen LogP contribution in [-0.4, -0.2) is 31.7 Å². The van der Waals surface area contributed by atoms with Crippen LogP contribution in [0.4, 0.5) is 10.1 Å². The molecule has 5 nitrogen and oxygen atoms in total. The Morgan fingerprint density at radius 1 is 1.19 bits per heavy atom. The average Bonchev–Trinajstić information content (AvgIpc) is 2.57. The molecule has 0 bridgehead atoms. The summed E-state index contributed by atoms with van der Waals surface area (Å²) in [6.45, 7) is 1.45. The first-order valence-corrected chi connectivity index (χ1v) is 9.94. The van der Waals surface area contributed by atoms with E-state index in [2.05, 4.69) is 5.32 Å². The van der Waals surface area contributed by atoms with E-state index in [9.17, 15) is 17.6 Å². The second-order valence-corrected chi connectivity index (χ2v) is 8.25. The first-order chi connectivity index (χ1) is 12.2. The first kappa shape index (κ1) is 20.6. The fourth-order valence-electron chi connectivity index (χ4n) is 2.25. The molecule has 1 amide bonds. The van der Waals surface area contributed by atoms with Gasteiger partial charge in [0.05, 0.1) is 22.2 Å². The van der Waals surface area contributed by atoms with Crippen molar-refractivity contribution >= 4 is 44.8 Å². The smallest absolute Gasteiger partial charge is 0.243 e. The largest absolute Gasteiger partial charge is 0.324 e. The van der Waals surface area contributed by atoms with Gasteiger partial charge in [0.15, 0.2) is 0 Å². The summed E-state index contributed by atoms with van der Waals surface area (Å²) in [7, 11) is -4.02. The average molecular weight is 419 g/mol. The lowest BCUT2D eigenvalue weighted by Crippen LogP contribution is -2.38. The van der Waals surface area contributed by atoms with Crippen LogP contribution in [0.5, 0.6) is 0 Å². The molecule has 0 radical (unpaired) electrons. The van der Waals surface area contributed by atoms with Crippen LogP contribution in [0.2, 0.25) is 10.0 Å². The van der Waals surface area contributed by atoms with Gasteiger partial charge in [-0.3, -0.25) is 4.79 Å². The van der Waals surface area contributed by atoms with Gasteiger partial charge in [-0.15, -0.1) is 0 Å². The van der Waals surface area contributed by atoms with E-state index in [1.165, 1.54) is 24.3 Å². The highest BCUT2D eigenvalue weighted by Gasteiger charge is 2.26. The quantitative estimate of drug-likeness (QED) is 0.733. The fraction of sp³-hybridized carbons (Fsp3) is 0.235. The third-order valence-corrected chi connectivity index (χ3v) is 5.84. The Kier molecular flexibility index (Phi) is 7.00. The van der Waals surface area contributed by atoms with Crippen molar-refractivity contribution in [2.45, 2.75) is 18.2 Å². The van der Waals surface area contributed by atoms with Crippen molar-refractivity contribution in [1.82, 2.24) is 4.31 Å². The molecule has 0 saturated heterocycles. The van der Waals surface area contributed by atoms with Gasteiger partial charge in [-0.25, -0.2) is 12.8 Å². The third kappa shape index (κ3) is 5.17. The van der Waals surface area contributed by atoms with E-state index in [4.69, 9.17) is 23.2 Å². The monoisotopic (exact) mass is 418 g/mol. The SMILES string of the molecule is CCCN(CC(=O)Nc1cc(Cl)ccc1Cl)S(=O)(=O)c1cccc(F)c1. The molecular formula is C17H17Cl2FN2O3S. The predicted octanol–water partition coefficient (Wildman–Crippen LogP) is 4.17. The minimum absolute atomic E-state index is 0.107. The summed E-state index contributed by atoms with van der Waals surface area (Å²) in [5, 5.41) is 3.19. The number of nitrogens with one attached hydrogen (secondary N) is 1. The summed E-state index contributed by atoms with van der Waals surface area (Å²) < 4.78 is 39.8. The van der Waals surface area contributed by atoms with Crippen LogP contribution in [0.3, 0.4) is 0 Å². The highest BCUT2D eigenvalue weighted by atomic mass is 35.5. The summed E-state index contributed by atoms with van der Waals surface area (Å²) in [6, 6.07) is 9.21. The molecule has 140 valence electrons. The number of carbonyl (C=O) groups is 1. The number of hydrogen-bond acceptors (Lipinski definition) is 3. The zero-order valence-electron chi connectivity index (χ0n) is 13.9. The molecule has 0 aliphatic carbocycles. The number of hydrogen-bond donors (Lipinski definition) is 1. The Morgan fingerprint density at radius 2 is 1.92 bits per heavy atom. The lowest BCUT2D eigenvalue weighted by Gasteiger charge is -2.21. The standard InChI is InChI=1S/C17H17Cl2FN2O3S/c1-2-8-22(26(24,25)14-5-3-4-13(20)10-14)11-17(23)21-16-9-12(18)6-7-15(16)19/h3-7,9-10H,2,8,11H2,1H3,(H,21,23). The zero-order chi connectivity index (χ0) is 19.3. The number of sulfonamides is 1. The molecule has 2 aromatic carbocycles. The van der Waals surface area contributed by atoms with Crippen molar-refractivity contribution in [1.29, 1.82) is 0 Å². The fourth-order valence-corrected chi connectivity index (χ4v) is 4.11. The molecule has 0 heterocycles. The van der Waals surface area contributed by atoms with Crippen LogP contribution in [-0.2, 0) is 14.8 Å². The van der Waals surface area contributed by atoms with Gasteiger partial charge in [0, 0.05) is 11.6 Å². The van der Waals surface area contributed by atoms with Gasteiger partial charge in [-0.1, -0.05) is 36.2 Å². The van der Waals surface area contributed by atoms with Gasteiger partial charge in [-0.2, -0.15) is 4.31 Å². The van der Waals surface area contributed by atoms with Crippen LogP contribution in [0.25, 0.3) is 0 Å². The van der Waals surface area contributed by atoms with Crippen molar-refractivity contribution in [2.24, 2.45) is 0 Å². The van der Waals surface area contributed by atoms with E-state index < -0.39 is 28.3 Å². The molecule has 0 aliphatic rings. The Balaban J connectivity index is 2.21. The van der Waals surface area contributed by atoms with E-state index in [1.54, 1.807) is 13.0 Å². The molecule has 9 heteroatoms. The van der Waals surface area contributed by atoms with Crippen LogP contribution < -0.4 is 5.32 Å². The molecule has 1 N–H and O–H groups in total. The number of rotatable bonds is 7. The van der Waals surface area contributed by atoms with E-state index in [0.717, 1.165) is 16.4 Å². The molecule has 2 aromatic rings. The molecule has 0 atom stereocenters. The maximum atomic E-state index is 13.4. The minimum atomic E-state index is -4.02. The predicted molar refractivity (Wildman–Crippen MR) is 101 cm³/mol. The molecule has 0 aromatic heterocycles. The molecule has 0 aliphatic heterocycles. The molecule has 2 rings (SSSR count). The second kappa shape index (κ2) is 8.81. The van der Waals surface area contributed by atoms with E-state index in [1.807, 2.05) is 0 Å². The lowest BCUT2D eigenvalue weighted by atomic mass is 10.3. The van der Waals surface area contributed by atoms with Gasteiger partial charge in [0.1, 0.15) is 5.82 Å². The summed E-state index contributed by atoms with van der Waals surface area (Å²) >= 11 is 11.9. The number of amides is 1. The number of anilines is 1. The van der Waals surface area contributed by atoms with E-state index in [0.29, 0.717) is 11.4 Å². The van der Waals surface area contributed by atoms with E-state index in [-0.39, 0.29) is 22.2 Å². The molecule has 26 heavy (non-hydrogen) atoms. The number of halogens is 3. The zero-order valence-corrected chi connectivity index (χ0v) is 16.2. The third-order valence-electron chi connectivity index (χ3n) is 3.43. The second-order valence-electron chi connectivity index (χ2n) is 5.47. The molecule has 0 saturated carbocycles. The number of carbonyl (C=O) groups excluding carboxylic acids is 1. The van der Waals surface area contributed by atoms with Crippen molar-refractivity contribution in [3.63, 3.8) is 0 Å². The maximum absolute atomic E-state index is 13.4. The maximum Gasteiger partial charge on any atom is 0.243 e. The van der Waals surface area contributed by atoms with Gasteiger partial charge >= 0.3 is 0 Å².